The second-order valence-electron chi connectivity index (χ2n) is 7.51. The summed E-state index contributed by atoms with van der Waals surface area (Å²) in [6.45, 7) is 4.73. The molecule has 0 spiro atoms. The van der Waals surface area contributed by atoms with Crippen LogP contribution in [0.4, 0.5) is 11.4 Å². The van der Waals surface area contributed by atoms with Gasteiger partial charge in [0.15, 0.2) is 6.67 Å². The number of piperazine rings is 1. The van der Waals surface area contributed by atoms with Crippen molar-refractivity contribution in [3.05, 3.63) is 66.2 Å². The van der Waals surface area contributed by atoms with Crippen LogP contribution in [-0.4, -0.2) is 45.9 Å². The minimum absolute atomic E-state index is 0.136. The Morgan fingerprint density at radius 2 is 1.68 bits per heavy atom. The summed E-state index contributed by atoms with van der Waals surface area (Å²) in [6, 6.07) is 20.5. The van der Waals surface area contributed by atoms with Crippen molar-refractivity contribution in [2.75, 3.05) is 49.8 Å². The summed E-state index contributed by atoms with van der Waals surface area (Å²) in [5.74, 6) is 1.02. The molecule has 1 N–H and O–H groups in total. The number of carbonyl (C=O) groups is 1. The highest BCUT2D eigenvalue weighted by atomic mass is 16.5. The Bertz CT molecular complexity index is 1020. The predicted molar refractivity (Wildman–Crippen MR) is 112 cm³/mol. The van der Waals surface area contributed by atoms with E-state index in [2.05, 4.69) is 35.2 Å². The fourth-order valence-corrected chi connectivity index (χ4v) is 4.39. The van der Waals surface area contributed by atoms with Gasteiger partial charge in [0.25, 0.3) is 5.91 Å². The van der Waals surface area contributed by atoms with Gasteiger partial charge in [-0.2, -0.15) is 0 Å². The molecule has 1 fully saturated rings. The van der Waals surface area contributed by atoms with Gasteiger partial charge in [-0.1, -0.05) is 24.3 Å². The second-order valence-corrected chi connectivity index (χ2v) is 7.51. The van der Waals surface area contributed by atoms with E-state index in [1.165, 1.54) is 10.6 Å². The van der Waals surface area contributed by atoms with E-state index in [9.17, 15) is 4.79 Å². The smallest absolute Gasteiger partial charge is 0.263 e. The lowest BCUT2D eigenvalue weighted by atomic mass is 10.1. The number of nitrogens with one attached hydrogen (secondary N) is 1. The highest BCUT2D eigenvalue weighted by Crippen LogP contribution is 2.36. The SMILES string of the molecule is COc1ccc(N2CC[NH+](CN3C(=O)c4cccc5cccc3c45)CC2)cc1. The molecular weight excluding hydrogens is 350 g/mol. The van der Waals surface area contributed by atoms with Gasteiger partial charge in [-0.05, 0) is 41.8 Å². The van der Waals surface area contributed by atoms with E-state index in [0.29, 0.717) is 0 Å². The quantitative estimate of drug-likeness (QED) is 0.761. The topological polar surface area (TPSA) is 37.2 Å². The molecule has 28 heavy (non-hydrogen) atoms. The summed E-state index contributed by atoms with van der Waals surface area (Å²) >= 11 is 0. The van der Waals surface area contributed by atoms with Crippen molar-refractivity contribution in [2.45, 2.75) is 0 Å². The zero-order valence-electron chi connectivity index (χ0n) is 16.0. The van der Waals surface area contributed by atoms with Crippen molar-refractivity contribution in [1.29, 1.82) is 0 Å². The fourth-order valence-electron chi connectivity index (χ4n) is 4.39. The molecule has 142 valence electrons. The van der Waals surface area contributed by atoms with Crippen LogP contribution < -0.4 is 19.4 Å². The lowest BCUT2D eigenvalue weighted by Gasteiger charge is -2.35. The molecule has 1 amide bonds. The van der Waals surface area contributed by atoms with E-state index >= 15 is 0 Å². The first kappa shape index (κ1) is 17.1. The third kappa shape index (κ3) is 2.79. The lowest BCUT2D eigenvalue weighted by molar-refractivity contribution is -0.899. The summed E-state index contributed by atoms with van der Waals surface area (Å²) < 4.78 is 5.25. The van der Waals surface area contributed by atoms with Gasteiger partial charge in [-0.15, -0.1) is 0 Å². The van der Waals surface area contributed by atoms with Crippen LogP contribution in [0.3, 0.4) is 0 Å². The lowest BCUT2D eigenvalue weighted by Crippen LogP contribution is -3.16. The summed E-state index contributed by atoms with van der Waals surface area (Å²) in [4.78, 5) is 18.8. The van der Waals surface area contributed by atoms with Crippen molar-refractivity contribution in [3.63, 3.8) is 0 Å². The summed E-state index contributed by atoms with van der Waals surface area (Å²) in [5.41, 5.74) is 3.13. The number of carbonyl (C=O) groups excluding carboxylic acids is 1. The average molecular weight is 374 g/mol. The number of anilines is 2. The zero-order valence-corrected chi connectivity index (χ0v) is 16.0. The van der Waals surface area contributed by atoms with E-state index < -0.39 is 0 Å². The van der Waals surface area contributed by atoms with Crippen molar-refractivity contribution in [3.8, 4) is 5.75 Å². The van der Waals surface area contributed by atoms with Crippen LogP contribution in [0, 0.1) is 0 Å². The Morgan fingerprint density at radius 1 is 0.964 bits per heavy atom. The molecule has 5 rings (SSSR count). The van der Waals surface area contributed by atoms with Crippen LogP contribution in [0.5, 0.6) is 5.75 Å². The second kappa shape index (κ2) is 6.84. The van der Waals surface area contributed by atoms with Crippen LogP contribution >= 0.6 is 0 Å². The number of methoxy groups -OCH3 is 1. The van der Waals surface area contributed by atoms with Crippen LogP contribution in [0.25, 0.3) is 10.8 Å². The van der Waals surface area contributed by atoms with E-state index in [0.717, 1.165) is 60.6 Å². The highest BCUT2D eigenvalue weighted by molar-refractivity contribution is 6.24. The maximum atomic E-state index is 13.0. The van der Waals surface area contributed by atoms with Crippen LogP contribution in [-0.2, 0) is 0 Å². The molecule has 5 heteroatoms. The molecule has 0 saturated carbocycles. The number of hydrogen-bond donors (Lipinski definition) is 1. The summed E-state index contributed by atoms with van der Waals surface area (Å²) in [6.07, 6.45) is 0. The van der Waals surface area contributed by atoms with E-state index in [4.69, 9.17) is 4.74 Å². The van der Waals surface area contributed by atoms with Crippen molar-refractivity contribution < 1.29 is 14.4 Å². The maximum absolute atomic E-state index is 13.0. The Morgan fingerprint density at radius 3 is 2.39 bits per heavy atom. The number of hydrogen-bond acceptors (Lipinski definition) is 3. The van der Waals surface area contributed by atoms with Crippen LogP contribution in [0.1, 0.15) is 10.4 Å². The van der Waals surface area contributed by atoms with Crippen LogP contribution in [0.2, 0.25) is 0 Å². The van der Waals surface area contributed by atoms with Crippen molar-refractivity contribution >= 4 is 28.1 Å². The van der Waals surface area contributed by atoms with Gasteiger partial charge in [0, 0.05) is 11.1 Å². The molecule has 3 aromatic carbocycles. The first-order chi connectivity index (χ1) is 13.7. The van der Waals surface area contributed by atoms with E-state index in [1.54, 1.807) is 7.11 Å². The average Bonchev–Trinajstić information content (AvgIpc) is 3.02. The third-order valence-electron chi connectivity index (χ3n) is 5.94. The molecule has 0 atom stereocenters. The molecule has 0 aliphatic carbocycles. The monoisotopic (exact) mass is 374 g/mol. The van der Waals surface area contributed by atoms with Gasteiger partial charge in [0.1, 0.15) is 5.75 Å². The number of amides is 1. The molecular formula is C23H24N3O2+. The normalized spacial score (nSPS) is 16.8. The van der Waals surface area contributed by atoms with Gasteiger partial charge in [0.2, 0.25) is 0 Å². The summed E-state index contributed by atoms with van der Waals surface area (Å²) in [5, 5.41) is 2.25. The predicted octanol–water partition coefficient (Wildman–Crippen LogP) is 2.17. The molecule has 1 saturated heterocycles. The Balaban J connectivity index is 1.28. The number of benzene rings is 3. The van der Waals surface area contributed by atoms with E-state index in [1.807, 2.05) is 35.2 Å². The molecule has 0 aromatic heterocycles. The minimum Gasteiger partial charge on any atom is -0.497 e. The number of rotatable bonds is 4. The van der Waals surface area contributed by atoms with Crippen LogP contribution in [0.15, 0.2) is 60.7 Å². The number of ether oxygens (including phenoxy) is 1. The molecule has 2 aliphatic rings. The molecule has 0 bridgehead atoms. The first-order valence-corrected chi connectivity index (χ1v) is 9.81. The van der Waals surface area contributed by atoms with Gasteiger partial charge in [0.05, 0.1) is 44.5 Å². The van der Waals surface area contributed by atoms with Crippen molar-refractivity contribution in [2.24, 2.45) is 0 Å². The molecule has 0 radical (unpaired) electrons. The van der Waals surface area contributed by atoms with Gasteiger partial charge < -0.3 is 14.5 Å². The standard InChI is InChI=1S/C23H23N3O2/c1-28-19-10-8-18(9-11-19)25-14-12-24(13-15-25)16-26-21-7-3-5-17-4-2-6-20(22(17)21)23(26)27/h2-11H,12-16H2,1H3/p+1. The Labute approximate surface area is 164 Å². The highest BCUT2D eigenvalue weighted by Gasteiger charge is 2.33. The number of quaternary nitrogens is 1. The van der Waals surface area contributed by atoms with Gasteiger partial charge in [-0.3, -0.25) is 9.69 Å². The Hall–Kier alpha value is -3.05. The van der Waals surface area contributed by atoms with Gasteiger partial charge in [-0.25, -0.2) is 0 Å². The molecule has 5 nitrogen and oxygen atoms in total. The minimum atomic E-state index is 0.136. The number of nitrogens with zero attached hydrogens (tertiary/aromatic N) is 2. The van der Waals surface area contributed by atoms with E-state index in [-0.39, 0.29) is 5.91 Å². The zero-order chi connectivity index (χ0) is 19.1. The molecule has 2 aliphatic heterocycles. The van der Waals surface area contributed by atoms with Gasteiger partial charge >= 0.3 is 0 Å². The molecule has 2 heterocycles. The molecule has 3 aromatic rings. The van der Waals surface area contributed by atoms with Crippen molar-refractivity contribution in [1.82, 2.24) is 0 Å². The largest absolute Gasteiger partial charge is 0.497 e. The molecule has 0 unspecified atom stereocenters. The fraction of sp³-hybridized carbons (Fsp3) is 0.261. The maximum Gasteiger partial charge on any atom is 0.263 e. The summed E-state index contributed by atoms with van der Waals surface area (Å²) in [7, 11) is 1.69. The third-order valence-corrected chi connectivity index (χ3v) is 5.94. The Kier molecular flexibility index (Phi) is 4.17. The first-order valence-electron chi connectivity index (χ1n) is 9.81.